The Morgan fingerprint density at radius 1 is 0.597 bits per heavy atom. The molecule has 0 radical (unpaired) electrons. The molecule has 1 N–H and O–H groups in total. The first-order valence-electron chi connectivity index (χ1n) is 24.6. The molecule has 0 atom stereocenters. The van der Waals surface area contributed by atoms with Gasteiger partial charge in [-0.3, -0.25) is 9.69 Å². The minimum absolute atomic E-state index is 0.0115. The van der Waals surface area contributed by atoms with Gasteiger partial charge in [-0.2, -0.15) is 64.8 Å². The normalized spacial score (nSPS) is 21.3. The highest BCUT2D eigenvalue weighted by Gasteiger charge is 2.61. The van der Waals surface area contributed by atoms with Gasteiger partial charge in [-0.05, 0) is 174 Å². The molecule has 0 spiro atoms. The molecule has 0 aromatic heterocycles. The van der Waals surface area contributed by atoms with E-state index in [4.69, 9.17) is 0 Å². The van der Waals surface area contributed by atoms with Crippen molar-refractivity contribution in [2.75, 3.05) is 34.9 Å². The van der Waals surface area contributed by atoms with Crippen LogP contribution in [-0.4, -0.2) is 128 Å². The van der Waals surface area contributed by atoms with Crippen molar-refractivity contribution in [3.8, 4) is 0 Å². The van der Waals surface area contributed by atoms with Crippen molar-refractivity contribution in [2.45, 2.75) is 166 Å². The van der Waals surface area contributed by atoms with Crippen LogP contribution in [-0.2, 0) is 58.8 Å². The molecule has 4 aliphatic rings. The van der Waals surface area contributed by atoms with E-state index in [2.05, 4.69) is 54.0 Å². The van der Waals surface area contributed by atoms with Crippen molar-refractivity contribution in [3.63, 3.8) is 0 Å². The van der Waals surface area contributed by atoms with E-state index in [0.717, 1.165) is 56.0 Å². The lowest BCUT2D eigenvalue weighted by Gasteiger charge is -2.31. The molecule has 0 unspecified atom stereocenters. The molecule has 0 saturated heterocycles. The van der Waals surface area contributed by atoms with E-state index in [0.29, 0.717) is 68.1 Å². The lowest BCUT2D eigenvalue weighted by molar-refractivity contribution is -0.115. The molecule has 0 bridgehead atoms. The zero-order valence-electron chi connectivity index (χ0n) is 44.9. The first-order valence-corrected chi connectivity index (χ1v) is 32.1. The quantitative estimate of drug-likeness (QED) is 0.110. The molecule has 16 nitrogen and oxygen atoms in total. The number of para-hydroxylation sites is 1. The maximum absolute atomic E-state index is 12.4. The Bertz CT molecular complexity index is 2760. The summed E-state index contributed by atoms with van der Waals surface area (Å²) in [5, 5.41) is 2.81. The predicted octanol–water partition coefficient (Wildman–Crippen LogP) is 9.59. The highest BCUT2D eigenvalue weighted by atomic mass is 32.3. The molecule has 2 saturated carbocycles. The summed E-state index contributed by atoms with van der Waals surface area (Å²) in [7, 11) is -25.6. The third kappa shape index (κ3) is 19.4. The van der Waals surface area contributed by atoms with E-state index in [1.807, 2.05) is 0 Å². The van der Waals surface area contributed by atoms with Crippen LogP contribution in [0.25, 0.3) is 0 Å². The van der Waals surface area contributed by atoms with Gasteiger partial charge in [0.2, 0.25) is 11.8 Å². The third-order valence-corrected chi connectivity index (χ3v) is 23.3. The largest absolute Gasteiger partial charge is 0.534 e. The number of nitrogens with one attached hydrogen (secondary N) is 1. The minimum atomic E-state index is -6.81. The lowest BCUT2D eigenvalue weighted by Crippen LogP contribution is -2.49. The molecule has 2 aliphatic carbocycles. The van der Waals surface area contributed by atoms with E-state index in [9.17, 15) is 86.4 Å². The predicted molar refractivity (Wildman–Crippen MR) is 277 cm³/mol. The molecule has 30 heteroatoms. The first-order chi connectivity index (χ1) is 34.6. The van der Waals surface area contributed by atoms with Gasteiger partial charge in [-0.1, -0.05) is 25.1 Å². The number of sulfone groups is 2. The van der Waals surface area contributed by atoms with Crippen LogP contribution < -0.4 is 9.03 Å². The SMILES string of the molecule is CC(C)(C)S(=O)(=O)CC1CCC(C2=CC(=O)NC2)CC1.CC(C)(C)S(=O)(=O)CC1CCC(C2=CC(OS(=O)(=O)C(F)(F)F)=NC2)CC1.CCN(C(C)C)C(C)C.O=S(=O)(N(c1ccccc1)S(=O)(=O)C(F)(F)F)C(F)(F)F. The van der Waals surface area contributed by atoms with Gasteiger partial charge in [0, 0.05) is 30.8 Å². The van der Waals surface area contributed by atoms with Gasteiger partial charge in [0.05, 0.1) is 33.2 Å². The standard InChI is InChI=1S/C16H24F3NO5S2.C15H25NO3S.C8H5F6NO4S2.C8H19N/c1-15(2,3)26(21,22)10-11-4-6-12(7-5-11)13-8-14(20-9-13)25-27(23,24)16(17,18)19;1-15(2,3)20(18,19)10-11-4-6-12(7-5-11)13-8-14(17)16-9-13;9-7(10,11)20(16,17)15(6-4-2-1-3-5-6)21(18,19)8(12,13)14;1-6-9(7(2)3)8(4)5/h8,11-12H,4-7,9-10H2,1-3H3;8,11-12H,4-7,9-10H2,1-3H3,(H,16,17);1-5H;7-8H,6H2,1-5H3. The van der Waals surface area contributed by atoms with Gasteiger partial charge >= 0.3 is 46.7 Å². The molecule has 2 heterocycles. The zero-order valence-corrected chi connectivity index (χ0v) is 49.0. The lowest BCUT2D eigenvalue weighted by atomic mass is 9.79. The van der Waals surface area contributed by atoms with Crippen LogP contribution in [0.2, 0.25) is 0 Å². The molecule has 1 aromatic carbocycles. The number of aliphatic imine (C=N–C) groups is 1. The Morgan fingerprint density at radius 3 is 1.29 bits per heavy atom. The summed E-state index contributed by atoms with van der Waals surface area (Å²) in [5.74, 6) is 0.712. The summed E-state index contributed by atoms with van der Waals surface area (Å²) in [4.78, 5) is 17.4. The van der Waals surface area contributed by atoms with Crippen LogP contribution in [0, 0.1) is 23.7 Å². The monoisotopic (exact) mass is 1220 g/mol. The number of nitrogens with zero attached hydrogens (tertiary/aromatic N) is 3. The van der Waals surface area contributed by atoms with E-state index in [1.54, 1.807) is 47.6 Å². The first kappa shape index (κ1) is 69.6. The van der Waals surface area contributed by atoms with Crippen LogP contribution in [0.15, 0.2) is 58.6 Å². The molecular formula is C47H73F9N4O12S5. The molecule has 1 amide bonds. The van der Waals surface area contributed by atoms with Gasteiger partial charge in [0.15, 0.2) is 19.7 Å². The fourth-order valence-corrected chi connectivity index (χ4v) is 14.6. The molecule has 446 valence electrons. The number of sulfonamides is 2. The second-order valence-electron chi connectivity index (χ2n) is 21.5. The number of rotatable bonds is 13. The van der Waals surface area contributed by atoms with Crippen LogP contribution in [0.1, 0.15) is 128 Å². The Kier molecular flexibility index (Phi) is 23.9. The average molecular weight is 1220 g/mol. The Labute approximate surface area is 448 Å². The number of alkyl halides is 9. The number of hydrogen-bond acceptors (Lipinski definition) is 14. The topological polar surface area (TPSA) is 228 Å². The summed E-state index contributed by atoms with van der Waals surface area (Å²) >= 11 is 0. The summed E-state index contributed by atoms with van der Waals surface area (Å²) < 4.78 is 228. The molecule has 77 heavy (non-hydrogen) atoms. The van der Waals surface area contributed by atoms with Crippen molar-refractivity contribution in [3.05, 3.63) is 53.6 Å². The van der Waals surface area contributed by atoms with E-state index in [-0.39, 0.29) is 36.0 Å². The van der Waals surface area contributed by atoms with Gasteiger partial charge in [-0.15, -0.1) is 3.71 Å². The Balaban J connectivity index is 0.000000369. The summed E-state index contributed by atoms with van der Waals surface area (Å²) in [6.45, 7) is 23.4. The average Bonchev–Trinajstić information content (AvgIpc) is 3.91. The maximum atomic E-state index is 12.4. The van der Waals surface area contributed by atoms with Crippen molar-refractivity contribution >= 4 is 67.3 Å². The summed E-state index contributed by atoms with van der Waals surface area (Å²) in [6, 6.07) is 5.23. The van der Waals surface area contributed by atoms with Crippen molar-refractivity contribution in [1.82, 2.24) is 10.2 Å². The van der Waals surface area contributed by atoms with Gasteiger partial charge < -0.3 is 9.50 Å². The highest BCUT2D eigenvalue weighted by molar-refractivity contribution is 8.11. The fraction of sp³-hybridized carbons (Fsp3) is 0.745. The van der Waals surface area contributed by atoms with Crippen molar-refractivity contribution < 1.29 is 90.6 Å². The summed E-state index contributed by atoms with van der Waals surface area (Å²) in [5.41, 5.74) is -17.4. The van der Waals surface area contributed by atoms with E-state index in [1.165, 1.54) is 11.6 Å². The Morgan fingerprint density at radius 2 is 0.987 bits per heavy atom. The number of anilines is 1. The van der Waals surface area contributed by atoms with Crippen molar-refractivity contribution in [1.29, 1.82) is 0 Å². The van der Waals surface area contributed by atoms with E-state index >= 15 is 0 Å². The second kappa shape index (κ2) is 26.4. The van der Waals surface area contributed by atoms with Crippen molar-refractivity contribution in [2.24, 2.45) is 28.7 Å². The van der Waals surface area contributed by atoms with E-state index < -0.39 is 91.2 Å². The molecular weight excluding hydrogens is 1140 g/mol. The molecule has 2 aliphatic heterocycles. The molecule has 2 fully saturated rings. The van der Waals surface area contributed by atoms with Gasteiger partial charge in [0.25, 0.3) is 0 Å². The number of carbonyl (C=O) groups is 1. The van der Waals surface area contributed by atoms with Crippen LogP contribution in [0.4, 0.5) is 45.2 Å². The number of benzene rings is 1. The number of amides is 1. The maximum Gasteiger partial charge on any atom is 0.534 e. The number of carbonyl (C=O) groups excluding carboxylic acids is 1. The second-order valence-corrected chi connectivity index (χ2v) is 32.4. The smallest absolute Gasteiger partial charge is 0.356 e. The molecule has 1 aromatic rings. The summed E-state index contributed by atoms with van der Waals surface area (Å²) in [6.07, 6.45) is 9.63. The third-order valence-electron chi connectivity index (χ3n) is 13.2. The molecule has 5 rings (SSSR count). The highest BCUT2D eigenvalue weighted by Crippen LogP contribution is 2.40. The zero-order chi connectivity index (χ0) is 59.8. The van der Waals surface area contributed by atoms with Crippen LogP contribution in [0.5, 0.6) is 0 Å². The number of hydrogen-bond donors (Lipinski definition) is 1. The minimum Gasteiger partial charge on any atom is -0.356 e. The van der Waals surface area contributed by atoms with Crippen LogP contribution in [0.3, 0.4) is 0 Å². The Hall–Kier alpha value is -3.48. The number of halogens is 9. The van der Waals surface area contributed by atoms with Gasteiger partial charge in [0.1, 0.15) is 0 Å². The van der Waals surface area contributed by atoms with Gasteiger partial charge in [-0.25, -0.2) is 21.8 Å². The fourth-order valence-electron chi connectivity index (χ4n) is 8.59. The van der Waals surface area contributed by atoms with Crippen LogP contribution >= 0.6 is 0 Å².